The van der Waals surface area contributed by atoms with Crippen LogP contribution in [0.15, 0.2) is 0 Å². The smallest absolute Gasteiger partial charge is 0.0641 e. The highest BCUT2D eigenvalue weighted by Gasteiger charge is 2.30. The molecule has 0 aromatic carbocycles. The Morgan fingerprint density at radius 2 is 2.20 bits per heavy atom. The Kier molecular flexibility index (Phi) is 5.03. The van der Waals surface area contributed by atoms with E-state index in [0.717, 1.165) is 19.7 Å². The number of nitrogens with one attached hydrogen (secondary N) is 1. The summed E-state index contributed by atoms with van der Waals surface area (Å²) in [6.07, 6.45) is 2.61. The molecule has 1 atom stereocenters. The number of methoxy groups -OCH3 is 1. The van der Waals surface area contributed by atoms with Crippen molar-refractivity contribution >= 4 is 0 Å². The van der Waals surface area contributed by atoms with Crippen LogP contribution in [0.2, 0.25) is 0 Å². The van der Waals surface area contributed by atoms with E-state index in [1.54, 1.807) is 7.11 Å². The Balaban J connectivity index is 2.47. The number of piperidine rings is 1. The molecule has 1 rings (SSSR count). The molecule has 3 heteroatoms. The average Bonchev–Trinajstić information content (AvgIpc) is 2.19. The van der Waals surface area contributed by atoms with Crippen molar-refractivity contribution in [2.75, 3.05) is 33.4 Å². The van der Waals surface area contributed by atoms with Gasteiger partial charge in [-0.15, -0.1) is 0 Å². The minimum absolute atomic E-state index is 0.169. The third-order valence-electron chi connectivity index (χ3n) is 3.27. The third-order valence-corrected chi connectivity index (χ3v) is 3.27. The largest absolute Gasteiger partial charge is 0.383 e. The molecule has 1 aliphatic heterocycles. The first-order chi connectivity index (χ1) is 7.10. The van der Waals surface area contributed by atoms with Crippen molar-refractivity contribution in [1.82, 2.24) is 10.2 Å². The molecule has 1 fully saturated rings. The summed E-state index contributed by atoms with van der Waals surface area (Å²) in [5.74, 6) is 0. The lowest BCUT2D eigenvalue weighted by molar-refractivity contribution is 0.0139. The van der Waals surface area contributed by atoms with Crippen LogP contribution < -0.4 is 5.32 Å². The lowest BCUT2D eigenvalue weighted by Gasteiger charge is -2.43. The maximum Gasteiger partial charge on any atom is 0.0641 e. The predicted octanol–water partition coefficient (Wildman–Crippen LogP) is 1.49. The van der Waals surface area contributed by atoms with Crippen LogP contribution in [0.3, 0.4) is 0 Å². The molecule has 0 aromatic heterocycles. The Hall–Kier alpha value is -0.120. The van der Waals surface area contributed by atoms with Crippen LogP contribution in [0.25, 0.3) is 0 Å². The first-order valence-electron chi connectivity index (χ1n) is 6.07. The maximum atomic E-state index is 5.29. The van der Waals surface area contributed by atoms with Crippen molar-refractivity contribution in [2.45, 2.75) is 45.2 Å². The van der Waals surface area contributed by atoms with Gasteiger partial charge < -0.3 is 10.1 Å². The maximum absolute atomic E-state index is 5.29. The summed E-state index contributed by atoms with van der Waals surface area (Å²) >= 11 is 0. The fourth-order valence-electron chi connectivity index (χ4n) is 2.43. The lowest BCUT2D eigenvalue weighted by Crippen LogP contribution is -2.55. The van der Waals surface area contributed by atoms with Crippen molar-refractivity contribution in [3.63, 3.8) is 0 Å². The number of likely N-dealkylation sites (tertiary alicyclic amines) is 1. The van der Waals surface area contributed by atoms with E-state index < -0.39 is 0 Å². The minimum Gasteiger partial charge on any atom is -0.383 e. The zero-order valence-corrected chi connectivity index (χ0v) is 10.7. The highest BCUT2D eigenvalue weighted by molar-refractivity contribution is 4.88. The van der Waals surface area contributed by atoms with Gasteiger partial charge in [-0.2, -0.15) is 0 Å². The molecular formula is C12H26N2O. The SMILES string of the molecule is CCNC1CCCN(C(C)(C)COC)C1. The zero-order valence-electron chi connectivity index (χ0n) is 10.7. The Morgan fingerprint density at radius 3 is 2.80 bits per heavy atom. The monoisotopic (exact) mass is 214 g/mol. The molecular weight excluding hydrogens is 188 g/mol. The van der Waals surface area contributed by atoms with E-state index in [2.05, 4.69) is 31.0 Å². The van der Waals surface area contributed by atoms with E-state index in [1.807, 2.05) is 0 Å². The molecule has 0 aliphatic carbocycles. The van der Waals surface area contributed by atoms with Gasteiger partial charge in [-0.05, 0) is 39.8 Å². The quantitative estimate of drug-likeness (QED) is 0.750. The molecule has 15 heavy (non-hydrogen) atoms. The summed E-state index contributed by atoms with van der Waals surface area (Å²) in [6, 6.07) is 0.667. The lowest BCUT2D eigenvalue weighted by atomic mass is 9.97. The van der Waals surface area contributed by atoms with Crippen molar-refractivity contribution in [3.8, 4) is 0 Å². The molecule has 0 aromatic rings. The highest BCUT2D eigenvalue weighted by Crippen LogP contribution is 2.20. The van der Waals surface area contributed by atoms with Gasteiger partial charge in [0.25, 0.3) is 0 Å². The number of ether oxygens (including phenoxy) is 1. The van der Waals surface area contributed by atoms with Crippen molar-refractivity contribution in [2.24, 2.45) is 0 Å². The first kappa shape index (κ1) is 12.9. The van der Waals surface area contributed by atoms with E-state index >= 15 is 0 Å². The van der Waals surface area contributed by atoms with E-state index in [9.17, 15) is 0 Å². The molecule has 1 saturated heterocycles. The summed E-state index contributed by atoms with van der Waals surface area (Å²) in [5.41, 5.74) is 0.169. The number of likely N-dealkylation sites (N-methyl/N-ethyl adjacent to an activating group) is 1. The van der Waals surface area contributed by atoms with Gasteiger partial charge in [-0.25, -0.2) is 0 Å². The normalized spacial score (nSPS) is 24.4. The van der Waals surface area contributed by atoms with Crippen molar-refractivity contribution in [3.05, 3.63) is 0 Å². The standard InChI is InChI=1S/C12H26N2O/c1-5-13-11-7-6-8-14(9-11)12(2,3)10-15-4/h11,13H,5-10H2,1-4H3. The van der Waals surface area contributed by atoms with Crippen LogP contribution in [-0.2, 0) is 4.74 Å². The number of hydrogen-bond acceptors (Lipinski definition) is 3. The van der Waals surface area contributed by atoms with Crippen LogP contribution in [0.5, 0.6) is 0 Å². The Bertz CT molecular complexity index is 180. The molecule has 0 bridgehead atoms. The van der Waals surface area contributed by atoms with E-state index in [1.165, 1.54) is 19.4 Å². The third kappa shape index (κ3) is 3.74. The van der Waals surface area contributed by atoms with Crippen LogP contribution >= 0.6 is 0 Å². The Labute approximate surface area is 94.2 Å². The van der Waals surface area contributed by atoms with Gasteiger partial charge in [0.2, 0.25) is 0 Å². The first-order valence-corrected chi connectivity index (χ1v) is 6.07. The number of nitrogens with zero attached hydrogens (tertiary/aromatic N) is 1. The van der Waals surface area contributed by atoms with Gasteiger partial charge in [0.1, 0.15) is 0 Å². The molecule has 0 spiro atoms. The summed E-state index contributed by atoms with van der Waals surface area (Å²) in [6.45, 7) is 11.0. The van der Waals surface area contributed by atoms with Gasteiger partial charge in [0.05, 0.1) is 6.61 Å². The fraction of sp³-hybridized carbons (Fsp3) is 1.00. The second-order valence-electron chi connectivity index (χ2n) is 5.09. The molecule has 1 aliphatic rings. The minimum atomic E-state index is 0.169. The Morgan fingerprint density at radius 1 is 1.47 bits per heavy atom. The van der Waals surface area contributed by atoms with Gasteiger partial charge in [-0.3, -0.25) is 4.90 Å². The molecule has 90 valence electrons. The highest BCUT2D eigenvalue weighted by atomic mass is 16.5. The molecule has 0 radical (unpaired) electrons. The van der Waals surface area contributed by atoms with Crippen LogP contribution in [0.1, 0.15) is 33.6 Å². The van der Waals surface area contributed by atoms with E-state index in [4.69, 9.17) is 4.74 Å². The second kappa shape index (κ2) is 5.83. The molecule has 1 N–H and O–H groups in total. The molecule has 0 saturated carbocycles. The number of hydrogen-bond donors (Lipinski definition) is 1. The van der Waals surface area contributed by atoms with Crippen LogP contribution in [0, 0.1) is 0 Å². The molecule has 3 nitrogen and oxygen atoms in total. The molecule has 1 unspecified atom stereocenters. The van der Waals surface area contributed by atoms with Crippen molar-refractivity contribution in [1.29, 1.82) is 0 Å². The van der Waals surface area contributed by atoms with Gasteiger partial charge in [0, 0.05) is 25.2 Å². The van der Waals surface area contributed by atoms with Crippen LogP contribution in [-0.4, -0.2) is 49.8 Å². The van der Waals surface area contributed by atoms with E-state index in [0.29, 0.717) is 6.04 Å². The topological polar surface area (TPSA) is 24.5 Å². The van der Waals surface area contributed by atoms with Crippen molar-refractivity contribution < 1.29 is 4.74 Å². The zero-order chi connectivity index (χ0) is 11.3. The van der Waals surface area contributed by atoms with Gasteiger partial charge >= 0.3 is 0 Å². The van der Waals surface area contributed by atoms with E-state index in [-0.39, 0.29) is 5.54 Å². The summed E-state index contributed by atoms with van der Waals surface area (Å²) < 4.78 is 5.29. The van der Waals surface area contributed by atoms with Gasteiger partial charge in [0.15, 0.2) is 0 Å². The molecule has 1 heterocycles. The van der Waals surface area contributed by atoms with Gasteiger partial charge in [-0.1, -0.05) is 6.92 Å². The summed E-state index contributed by atoms with van der Waals surface area (Å²) in [5, 5.41) is 3.55. The summed E-state index contributed by atoms with van der Waals surface area (Å²) in [7, 11) is 1.79. The average molecular weight is 214 g/mol. The predicted molar refractivity (Wildman–Crippen MR) is 64.2 cm³/mol. The summed E-state index contributed by atoms with van der Waals surface area (Å²) in [4.78, 5) is 2.55. The molecule has 0 amide bonds. The second-order valence-corrected chi connectivity index (χ2v) is 5.09. The number of rotatable bonds is 5. The fourth-order valence-corrected chi connectivity index (χ4v) is 2.43. The van der Waals surface area contributed by atoms with Crippen LogP contribution in [0.4, 0.5) is 0 Å².